The van der Waals surface area contributed by atoms with Crippen molar-refractivity contribution >= 4 is 33.7 Å². The Labute approximate surface area is 148 Å². The molecule has 0 aromatic heterocycles. The summed E-state index contributed by atoms with van der Waals surface area (Å²) in [5.41, 5.74) is 2.11. The van der Waals surface area contributed by atoms with Gasteiger partial charge in [0.2, 0.25) is 0 Å². The van der Waals surface area contributed by atoms with Gasteiger partial charge in [-0.05, 0) is 42.0 Å². The molecule has 0 saturated heterocycles. The predicted molar refractivity (Wildman–Crippen MR) is 95.7 cm³/mol. The zero-order valence-corrected chi connectivity index (χ0v) is 14.8. The second-order valence-electron chi connectivity index (χ2n) is 5.12. The number of halogens is 1. The fourth-order valence-corrected chi connectivity index (χ4v) is 2.63. The molecule has 0 fully saturated rings. The monoisotopic (exact) mass is 386 g/mol. The van der Waals surface area contributed by atoms with Crippen LogP contribution in [0.3, 0.4) is 0 Å². The minimum atomic E-state index is -0.384. The highest BCUT2D eigenvalue weighted by Crippen LogP contribution is 2.35. The van der Waals surface area contributed by atoms with Crippen LogP contribution in [0.15, 0.2) is 58.6 Å². The molecule has 1 aliphatic heterocycles. The Hall–Kier alpha value is -2.53. The highest BCUT2D eigenvalue weighted by atomic mass is 79.9. The van der Waals surface area contributed by atoms with Crippen LogP contribution >= 0.6 is 15.9 Å². The van der Waals surface area contributed by atoms with Gasteiger partial charge >= 0.3 is 5.97 Å². The number of cyclic esters (lactones) is 1. The van der Waals surface area contributed by atoms with E-state index in [-0.39, 0.29) is 5.97 Å². The van der Waals surface area contributed by atoms with Gasteiger partial charge in [-0.25, -0.2) is 4.79 Å². The Bertz CT molecular complexity index is 835. The molecule has 0 saturated carbocycles. The van der Waals surface area contributed by atoms with E-state index in [1.807, 2.05) is 24.3 Å². The normalized spacial score (nSPS) is 15.2. The average molecular weight is 387 g/mol. The molecule has 4 nitrogen and oxygen atoms in total. The highest BCUT2D eigenvalue weighted by molar-refractivity contribution is 9.10. The van der Waals surface area contributed by atoms with Crippen LogP contribution in [-0.2, 0) is 9.53 Å². The zero-order valence-electron chi connectivity index (χ0n) is 13.2. The predicted octanol–water partition coefficient (Wildman–Crippen LogP) is 4.45. The molecule has 0 aliphatic carbocycles. The van der Waals surface area contributed by atoms with Crippen molar-refractivity contribution in [3.8, 4) is 11.5 Å². The van der Waals surface area contributed by atoms with Crippen molar-refractivity contribution in [2.75, 3.05) is 14.2 Å². The Balaban J connectivity index is 1.96. The number of methoxy groups -OCH3 is 2. The first kappa shape index (κ1) is 16.3. The van der Waals surface area contributed by atoms with Crippen LogP contribution in [0.1, 0.15) is 11.1 Å². The summed E-state index contributed by atoms with van der Waals surface area (Å²) in [6.07, 6.45) is 3.51. The summed E-state index contributed by atoms with van der Waals surface area (Å²) in [7, 11) is 3.15. The molecular formula is C19H15BrO4. The van der Waals surface area contributed by atoms with Gasteiger partial charge in [-0.2, -0.15) is 0 Å². The minimum absolute atomic E-state index is 0.384. The third-order valence-corrected chi connectivity index (χ3v) is 4.12. The summed E-state index contributed by atoms with van der Waals surface area (Å²) < 4.78 is 16.9. The molecule has 0 spiro atoms. The lowest BCUT2D eigenvalue weighted by Gasteiger charge is -2.10. The molecule has 0 radical (unpaired) electrons. The van der Waals surface area contributed by atoms with Gasteiger partial charge in [0.1, 0.15) is 17.3 Å². The fourth-order valence-electron chi connectivity index (χ4n) is 2.36. The molecule has 24 heavy (non-hydrogen) atoms. The molecule has 0 bridgehead atoms. The van der Waals surface area contributed by atoms with Crippen LogP contribution in [0, 0.1) is 0 Å². The molecule has 0 atom stereocenters. The summed E-state index contributed by atoms with van der Waals surface area (Å²) in [5, 5.41) is 0. The zero-order chi connectivity index (χ0) is 17.1. The van der Waals surface area contributed by atoms with Gasteiger partial charge in [0.25, 0.3) is 0 Å². The standard InChI is InChI=1S/C19H15BrO4/c1-22-15-7-8-16(17(11-15)23-2)18-10-13(19(21)24-18)9-12-3-5-14(20)6-4-12/h3-11H,1-2H3/b13-9-. The van der Waals surface area contributed by atoms with Gasteiger partial charge in [0.15, 0.2) is 0 Å². The molecule has 1 heterocycles. The van der Waals surface area contributed by atoms with Crippen molar-refractivity contribution in [1.82, 2.24) is 0 Å². The fraction of sp³-hybridized carbons (Fsp3) is 0.105. The lowest BCUT2D eigenvalue weighted by Crippen LogP contribution is -1.98. The maximum absolute atomic E-state index is 12.1. The summed E-state index contributed by atoms with van der Waals surface area (Å²) in [4.78, 5) is 12.1. The topological polar surface area (TPSA) is 44.8 Å². The van der Waals surface area contributed by atoms with Crippen molar-refractivity contribution in [2.45, 2.75) is 0 Å². The quantitative estimate of drug-likeness (QED) is 0.575. The van der Waals surface area contributed by atoms with Crippen LogP contribution in [0.25, 0.3) is 11.8 Å². The summed E-state index contributed by atoms with van der Waals surface area (Å²) in [6.45, 7) is 0. The molecule has 2 aromatic rings. The minimum Gasteiger partial charge on any atom is -0.497 e. The SMILES string of the molecule is COc1ccc(C2=C/C(=C/c3ccc(Br)cc3)C(=O)O2)c(OC)c1. The summed E-state index contributed by atoms with van der Waals surface area (Å²) in [6, 6.07) is 13.0. The van der Waals surface area contributed by atoms with Crippen LogP contribution in [0.4, 0.5) is 0 Å². The Kier molecular flexibility index (Phi) is 4.71. The number of esters is 1. The lowest BCUT2D eigenvalue weighted by molar-refractivity contribution is -0.130. The third-order valence-electron chi connectivity index (χ3n) is 3.59. The van der Waals surface area contributed by atoms with E-state index in [0.29, 0.717) is 28.4 Å². The smallest absolute Gasteiger partial charge is 0.343 e. The first-order chi connectivity index (χ1) is 11.6. The van der Waals surface area contributed by atoms with Crippen LogP contribution in [0.2, 0.25) is 0 Å². The Morgan fingerprint density at radius 3 is 2.46 bits per heavy atom. The number of hydrogen-bond donors (Lipinski definition) is 0. The van der Waals surface area contributed by atoms with E-state index in [4.69, 9.17) is 14.2 Å². The van der Waals surface area contributed by atoms with E-state index in [9.17, 15) is 4.79 Å². The van der Waals surface area contributed by atoms with Crippen LogP contribution in [0.5, 0.6) is 11.5 Å². The molecule has 1 aliphatic rings. The van der Waals surface area contributed by atoms with Gasteiger partial charge < -0.3 is 14.2 Å². The molecule has 122 valence electrons. The maximum atomic E-state index is 12.1. The van der Waals surface area contributed by atoms with Gasteiger partial charge in [0, 0.05) is 10.5 Å². The van der Waals surface area contributed by atoms with Crippen molar-refractivity contribution in [3.63, 3.8) is 0 Å². The van der Waals surface area contributed by atoms with Crippen molar-refractivity contribution < 1.29 is 19.0 Å². The van der Waals surface area contributed by atoms with Gasteiger partial charge in [-0.1, -0.05) is 28.1 Å². The molecule has 3 rings (SSSR count). The number of benzene rings is 2. The Morgan fingerprint density at radius 2 is 1.79 bits per heavy atom. The molecule has 5 heteroatoms. The first-order valence-electron chi connectivity index (χ1n) is 7.24. The average Bonchev–Trinajstić information content (AvgIpc) is 2.96. The molecule has 0 unspecified atom stereocenters. The number of hydrogen-bond acceptors (Lipinski definition) is 4. The van der Waals surface area contributed by atoms with Crippen molar-refractivity contribution in [3.05, 3.63) is 69.7 Å². The number of carbonyl (C=O) groups excluding carboxylic acids is 1. The highest BCUT2D eigenvalue weighted by Gasteiger charge is 2.24. The molecular weight excluding hydrogens is 372 g/mol. The number of rotatable bonds is 4. The van der Waals surface area contributed by atoms with E-state index in [1.165, 1.54) is 0 Å². The van der Waals surface area contributed by atoms with E-state index >= 15 is 0 Å². The molecule has 0 N–H and O–H groups in total. The third kappa shape index (κ3) is 3.36. The van der Waals surface area contributed by atoms with Crippen molar-refractivity contribution in [1.29, 1.82) is 0 Å². The number of ether oxygens (including phenoxy) is 3. The van der Waals surface area contributed by atoms with Gasteiger partial charge in [-0.15, -0.1) is 0 Å². The van der Waals surface area contributed by atoms with Gasteiger partial charge in [-0.3, -0.25) is 0 Å². The van der Waals surface area contributed by atoms with E-state index in [1.54, 1.807) is 44.6 Å². The molecule has 0 amide bonds. The summed E-state index contributed by atoms with van der Waals surface area (Å²) in [5.74, 6) is 1.33. The van der Waals surface area contributed by atoms with E-state index in [2.05, 4.69) is 15.9 Å². The largest absolute Gasteiger partial charge is 0.497 e. The summed E-state index contributed by atoms with van der Waals surface area (Å²) >= 11 is 3.39. The van der Waals surface area contributed by atoms with Crippen molar-refractivity contribution in [2.24, 2.45) is 0 Å². The van der Waals surface area contributed by atoms with Crippen LogP contribution in [-0.4, -0.2) is 20.2 Å². The lowest BCUT2D eigenvalue weighted by atomic mass is 10.1. The second-order valence-corrected chi connectivity index (χ2v) is 6.03. The number of carbonyl (C=O) groups is 1. The maximum Gasteiger partial charge on any atom is 0.343 e. The Morgan fingerprint density at radius 1 is 1.04 bits per heavy atom. The first-order valence-corrected chi connectivity index (χ1v) is 8.03. The van der Waals surface area contributed by atoms with E-state index in [0.717, 1.165) is 10.0 Å². The van der Waals surface area contributed by atoms with Gasteiger partial charge in [0.05, 0.1) is 25.4 Å². The second kappa shape index (κ2) is 6.93. The molecule has 2 aromatic carbocycles. The van der Waals surface area contributed by atoms with Crippen LogP contribution < -0.4 is 9.47 Å². The van der Waals surface area contributed by atoms with E-state index < -0.39 is 0 Å².